The Morgan fingerprint density at radius 3 is 1.56 bits per heavy atom. The maximum absolute atomic E-state index is 13.1. The number of amides is 4. The topological polar surface area (TPSA) is 146 Å². The number of benzene rings is 3. The van der Waals surface area contributed by atoms with E-state index < -0.39 is 39.4 Å². The van der Waals surface area contributed by atoms with Gasteiger partial charge in [0.25, 0.3) is 23.6 Å². The molecule has 168 valence electrons. The number of rotatable bonds is 4. The molecular weight excluding hydrogens is 464 g/mol. The second kappa shape index (κ2) is 7.18. The lowest BCUT2D eigenvalue weighted by atomic mass is 10.1. The first-order valence-electron chi connectivity index (χ1n) is 9.72. The molecule has 3 aromatic carbocycles. The SMILES string of the molecule is O=C(O)c1ccc(S(=O)(=O)c2ccc3c(c2)C(=O)N(N2C(=O)c4ccccc4C2=O)C3=O)cc1. The van der Waals surface area contributed by atoms with Crippen molar-refractivity contribution in [2.24, 2.45) is 0 Å². The Balaban J connectivity index is 1.52. The number of hydrogen-bond acceptors (Lipinski definition) is 7. The highest BCUT2D eigenvalue weighted by Gasteiger charge is 2.48. The van der Waals surface area contributed by atoms with Crippen LogP contribution in [0.4, 0.5) is 0 Å². The van der Waals surface area contributed by atoms with Gasteiger partial charge in [0.05, 0.1) is 37.6 Å². The van der Waals surface area contributed by atoms with Crippen LogP contribution in [0, 0.1) is 0 Å². The third kappa shape index (κ3) is 2.87. The fourth-order valence-corrected chi connectivity index (χ4v) is 5.11. The van der Waals surface area contributed by atoms with Gasteiger partial charge in [-0.1, -0.05) is 12.1 Å². The monoisotopic (exact) mass is 476 g/mol. The zero-order valence-electron chi connectivity index (χ0n) is 17.0. The molecule has 34 heavy (non-hydrogen) atoms. The third-order valence-electron chi connectivity index (χ3n) is 5.53. The van der Waals surface area contributed by atoms with Crippen LogP contribution in [0.5, 0.6) is 0 Å². The van der Waals surface area contributed by atoms with Crippen LogP contribution in [0.15, 0.2) is 76.5 Å². The minimum atomic E-state index is -4.17. The van der Waals surface area contributed by atoms with Crippen LogP contribution in [-0.2, 0) is 9.84 Å². The van der Waals surface area contributed by atoms with Gasteiger partial charge in [-0.25, -0.2) is 13.2 Å². The third-order valence-corrected chi connectivity index (χ3v) is 7.30. The molecule has 2 aliphatic rings. The number of imide groups is 2. The second-order valence-corrected chi connectivity index (χ2v) is 9.38. The molecule has 2 aliphatic heterocycles. The van der Waals surface area contributed by atoms with Crippen molar-refractivity contribution in [3.63, 3.8) is 0 Å². The first-order chi connectivity index (χ1) is 16.1. The second-order valence-electron chi connectivity index (χ2n) is 7.43. The molecule has 0 atom stereocenters. The van der Waals surface area contributed by atoms with E-state index in [1.54, 1.807) is 0 Å². The zero-order chi connectivity index (χ0) is 24.4. The molecule has 0 saturated heterocycles. The van der Waals surface area contributed by atoms with Crippen molar-refractivity contribution < 1.29 is 37.5 Å². The quantitative estimate of drug-likeness (QED) is 0.563. The Morgan fingerprint density at radius 2 is 1.06 bits per heavy atom. The van der Waals surface area contributed by atoms with Crippen molar-refractivity contribution >= 4 is 39.4 Å². The van der Waals surface area contributed by atoms with Crippen molar-refractivity contribution in [3.05, 3.63) is 94.5 Å². The number of hydrazine groups is 1. The fourth-order valence-electron chi connectivity index (χ4n) is 3.83. The molecule has 10 nitrogen and oxygen atoms in total. The minimum Gasteiger partial charge on any atom is -0.478 e. The van der Waals surface area contributed by atoms with E-state index in [2.05, 4.69) is 0 Å². The first-order valence-corrected chi connectivity index (χ1v) is 11.2. The van der Waals surface area contributed by atoms with Crippen LogP contribution < -0.4 is 0 Å². The van der Waals surface area contributed by atoms with E-state index in [0.717, 1.165) is 42.5 Å². The van der Waals surface area contributed by atoms with Crippen molar-refractivity contribution in [1.29, 1.82) is 0 Å². The van der Waals surface area contributed by atoms with Crippen molar-refractivity contribution in [3.8, 4) is 0 Å². The van der Waals surface area contributed by atoms with Crippen LogP contribution in [0.1, 0.15) is 51.8 Å². The number of hydrogen-bond donors (Lipinski definition) is 1. The van der Waals surface area contributed by atoms with Crippen LogP contribution in [0.25, 0.3) is 0 Å². The van der Waals surface area contributed by atoms with Crippen LogP contribution >= 0.6 is 0 Å². The summed E-state index contributed by atoms with van der Waals surface area (Å²) in [5.74, 6) is -4.88. The number of carboxylic acid groups (broad SMARTS) is 1. The number of nitrogens with zero attached hydrogens (tertiary/aromatic N) is 2. The number of carbonyl (C=O) groups is 5. The largest absolute Gasteiger partial charge is 0.478 e. The van der Waals surface area contributed by atoms with E-state index in [4.69, 9.17) is 5.11 Å². The first kappa shape index (κ1) is 21.2. The molecule has 4 amide bonds. The van der Waals surface area contributed by atoms with E-state index in [9.17, 15) is 32.4 Å². The zero-order valence-corrected chi connectivity index (χ0v) is 17.8. The molecular formula is C23H12N2O8S. The molecule has 5 rings (SSSR count). The Morgan fingerprint density at radius 1 is 0.618 bits per heavy atom. The van der Waals surface area contributed by atoms with E-state index in [-0.39, 0.29) is 37.6 Å². The lowest BCUT2D eigenvalue weighted by Crippen LogP contribution is -2.49. The van der Waals surface area contributed by atoms with Gasteiger partial charge < -0.3 is 5.11 Å². The van der Waals surface area contributed by atoms with Gasteiger partial charge in [-0.15, -0.1) is 0 Å². The lowest BCUT2D eigenvalue weighted by molar-refractivity contribution is 0.00845. The van der Waals surface area contributed by atoms with Gasteiger partial charge in [0, 0.05) is 0 Å². The van der Waals surface area contributed by atoms with E-state index in [0.29, 0.717) is 10.0 Å². The summed E-state index contributed by atoms with van der Waals surface area (Å²) in [6.45, 7) is 0. The standard InChI is InChI=1S/C23H12N2O8S/c26-19-15-3-1-2-4-16(15)20(27)24(19)25-21(28)17-10-9-14(11-18(17)22(25)29)34(32,33)13-7-5-12(6-8-13)23(30)31/h1-11H,(H,30,31). The smallest absolute Gasteiger partial charge is 0.335 e. The molecule has 0 spiro atoms. The highest BCUT2D eigenvalue weighted by molar-refractivity contribution is 7.91. The van der Waals surface area contributed by atoms with Crippen molar-refractivity contribution in [2.75, 3.05) is 0 Å². The van der Waals surface area contributed by atoms with Gasteiger partial charge in [-0.05, 0) is 54.6 Å². The molecule has 0 aliphatic carbocycles. The number of carbonyl (C=O) groups excluding carboxylic acids is 4. The predicted molar refractivity (Wildman–Crippen MR) is 113 cm³/mol. The highest BCUT2D eigenvalue weighted by Crippen LogP contribution is 2.33. The summed E-state index contributed by atoms with van der Waals surface area (Å²) in [5.41, 5.74) is -0.481. The number of fused-ring (bicyclic) bond motifs is 2. The number of carboxylic acids is 1. The van der Waals surface area contributed by atoms with E-state index >= 15 is 0 Å². The predicted octanol–water partition coefficient (Wildman–Crippen LogP) is 2.02. The van der Waals surface area contributed by atoms with Crippen LogP contribution in [0.3, 0.4) is 0 Å². The Kier molecular flexibility index (Phi) is 4.48. The number of sulfone groups is 1. The summed E-state index contributed by atoms with van der Waals surface area (Å²) < 4.78 is 26.0. The molecule has 2 heterocycles. The van der Waals surface area contributed by atoms with Crippen LogP contribution in [0.2, 0.25) is 0 Å². The maximum Gasteiger partial charge on any atom is 0.335 e. The highest BCUT2D eigenvalue weighted by atomic mass is 32.2. The molecule has 0 aromatic heterocycles. The van der Waals surface area contributed by atoms with Gasteiger partial charge in [-0.2, -0.15) is 10.0 Å². The summed E-state index contributed by atoms with van der Waals surface area (Å²) >= 11 is 0. The van der Waals surface area contributed by atoms with Crippen molar-refractivity contribution in [1.82, 2.24) is 10.0 Å². The summed E-state index contributed by atoms with van der Waals surface area (Å²) in [6, 6.07) is 13.6. The minimum absolute atomic E-state index is 0.0390. The van der Waals surface area contributed by atoms with Gasteiger partial charge >= 0.3 is 5.97 Å². The molecule has 3 aromatic rings. The van der Waals surface area contributed by atoms with Gasteiger partial charge in [0.1, 0.15) is 0 Å². The normalized spacial score (nSPS) is 15.1. The Bertz CT molecular complexity index is 1540. The Hall–Kier alpha value is -4.64. The van der Waals surface area contributed by atoms with E-state index in [1.807, 2.05) is 0 Å². The molecule has 11 heteroatoms. The Labute approximate surface area is 191 Å². The number of aromatic carboxylic acids is 1. The molecule has 0 unspecified atom stereocenters. The van der Waals surface area contributed by atoms with Gasteiger partial charge in [0.2, 0.25) is 9.84 Å². The summed E-state index contributed by atoms with van der Waals surface area (Å²) in [5, 5.41) is 9.85. The molecule has 1 N–H and O–H groups in total. The van der Waals surface area contributed by atoms with Crippen LogP contribution in [-0.4, -0.2) is 53.1 Å². The summed E-state index contributed by atoms with van der Waals surface area (Å²) in [7, 11) is -4.17. The molecule has 0 bridgehead atoms. The summed E-state index contributed by atoms with van der Waals surface area (Å²) in [4.78, 5) is 62.0. The van der Waals surface area contributed by atoms with Gasteiger partial charge in [0.15, 0.2) is 0 Å². The fraction of sp³-hybridized carbons (Fsp3) is 0. The maximum atomic E-state index is 13.1. The molecule has 0 saturated carbocycles. The van der Waals surface area contributed by atoms with Crippen molar-refractivity contribution in [2.45, 2.75) is 9.79 Å². The molecule has 0 fully saturated rings. The average molecular weight is 476 g/mol. The summed E-state index contributed by atoms with van der Waals surface area (Å²) in [6.07, 6.45) is 0. The lowest BCUT2D eigenvalue weighted by Gasteiger charge is -2.23. The van der Waals surface area contributed by atoms with E-state index in [1.165, 1.54) is 24.3 Å². The molecule has 0 radical (unpaired) electrons. The average Bonchev–Trinajstić information content (AvgIpc) is 3.23. The van der Waals surface area contributed by atoms with Gasteiger partial charge in [-0.3, -0.25) is 19.2 Å².